The molecular weight excluding hydrogens is 479 g/mol. The Balaban J connectivity index is 0.00000420. The third-order valence-corrected chi connectivity index (χ3v) is 4.41. The number of hydrogen-bond donors (Lipinski definition) is 3. The highest BCUT2D eigenvalue weighted by Crippen LogP contribution is 2.15. The Morgan fingerprint density at radius 1 is 1.14 bits per heavy atom. The number of nitrogens with zero attached hydrogens (tertiary/aromatic N) is 1. The van der Waals surface area contributed by atoms with Crippen molar-refractivity contribution in [1.29, 1.82) is 0 Å². The maximum atomic E-state index is 5.59. The molecule has 1 unspecified atom stereocenters. The van der Waals surface area contributed by atoms with E-state index in [2.05, 4.69) is 66.0 Å². The highest BCUT2D eigenvalue weighted by Gasteiger charge is 2.21. The fourth-order valence-corrected chi connectivity index (χ4v) is 2.94. The monoisotopic (exact) mass is 514 g/mol. The number of ether oxygens (including phenoxy) is 1. The number of benzene rings is 1. The Labute approximate surface area is 191 Å². The molecular formula is C22H35IN4O2. The Kier molecular flexibility index (Phi) is 11.9. The van der Waals surface area contributed by atoms with Crippen molar-refractivity contribution in [3.8, 4) is 0 Å². The van der Waals surface area contributed by atoms with E-state index < -0.39 is 0 Å². The molecule has 2 aromatic rings. The van der Waals surface area contributed by atoms with Gasteiger partial charge in [-0.1, -0.05) is 30.3 Å². The predicted octanol–water partition coefficient (Wildman–Crippen LogP) is 4.10. The number of nitrogens with one attached hydrogen (secondary N) is 3. The second-order valence-electron chi connectivity index (χ2n) is 7.50. The van der Waals surface area contributed by atoms with Gasteiger partial charge < -0.3 is 25.1 Å². The fourth-order valence-electron chi connectivity index (χ4n) is 2.94. The molecule has 0 saturated carbocycles. The van der Waals surface area contributed by atoms with Crippen LogP contribution in [0.5, 0.6) is 0 Å². The summed E-state index contributed by atoms with van der Waals surface area (Å²) in [7, 11) is 1.79. The molecule has 29 heavy (non-hydrogen) atoms. The molecule has 0 spiro atoms. The average Bonchev–Trinajstić information content (AvgIpc) is 3.20. The van der Waals surface area contributed by atoms with Crippen molar-refractivity contribution in [3.63, 3.8) is 0 Å². The second-order valence-corrected chi connectivity index (χ2v) is 7.50. The molecule has 0 bridgehead atoms. The molecule has 6 nitrogen and oxygen atoms in total. The van der Waals surface area contributed by atoms with Gasteiger partial charge in [-0.25, -0.2) is 0 Å². The van der Waals surface area contributed by atoms with Crippen LogP contribution in [0.1, 0.15) is 44.6 Å². The molecule has 0 saturated heterocycles. The molecule has 0 amide bonds. The summed E-state index contributed by atoms with van der Waals surface area (Å²) in [6, 6.07) is 14.5. The lowest BCUT2D eigenvalue weighted by Crippen LogP contribution is -2.52. The molecule has 3 N–H and O–H groups in total. The van der Waals surface area contributed by atoms with E-state index in [1.165, 1.54) is 5.56 Å². The van der Waals surface area contributed by atoms with Gasteiger partial charge in [0.1, 0.15) is 12.4 Å². The van der Waals surface area contributed by atoms with Crippen molar-refractivity contribution < 1.29 is 9.15 Å². The molecule has 2 rings (SSSR count). The van der Waals surface area contributed by atoms with Crippen LogP contribution in [0.25, 0.3) is 0 Å². The van der Waals surface area contributed by atoms with Crippen LogP contribution in [0.4, 0.5) is 0 Å². The predicted molar refractivity (Wildman–Crippen MR) is 130 cm³/mol. The SMILES string of the molecule is CN=C(NCCCOCc1ccco1)NCC(C)(C)NC(C)c1ccccc1.I. The Morgan fingerprint density at radius 3 is 2.55 bits per heavy atom. The molecule has 0 fully saturated rings. The first kappa shape index (κ1) is 25.5. The lowest BCUT2D eigenvalue weighted by molar-refractivity contribution is 0.105. The first-order valence-corrected chi connectivity index (χ1v) is 9.87. The number of furan rings is 1. The molecule has 1 aromatic carbocycles. The molecule has 162 valence electrons. The van der Waals surface area contributed by atoms with Gasteiger partial charge in [0.15, 0.2) is 5.96 Å². The summed E-state index contributed by atoms with van der Waals surface area (Å²) < 4.78 is 10.8. The highest BCUT2D eigenvalue weighted by molar-refractivity contribution is 14.0. The smallest absolute Gasteiger partial charge is 0.191 e. The van der Waals surface area contributed by atoms with E-state index in [0.29, 0.717) is 13.2 Å². The Morgan fingerprint density at radius 2 is 1.90 bits per heavy atom. The number of rotatable bonds is 11. The van der Waals surface area contributed by atoms with Crippen LogP contribution in [-0.2, 0) is 11.3 Å². The second kappa shape index (κ2) is 13.6. The van der Waals surface area contributed by atoms with E-state index in [0.717, 1.165) is 31.2 Å². The maximum Gasteiger partial charge on any atom is 0.191 e. The van der Waals surface area contributed by atoms with Crippen molar-refractivity contribution in [2.75, 3.05) is 26.7 Å². The van der Waals surface area contributed by atoms with E-state index >= 15 is 0 Å². The average molecular weight is 514 g/mol. The standard InChI is InChI=1S/C22H34N4O2.HI/c1-18(19-10-6-5-7-11-19)26-22(2,3)17-25-21(23-4)24-13-9-14-27-16-20-12-8-15-28-20;/h5-8,10-12,15,18,26H,9,13-14,16-17H2,1-4H3,(H2,23,24,25);1H. The van der Waals surface area contributed by atoms with Crippen LogP contribution >= 0.6 is 24.0 Å². The quantitative estimate of drug-likeness (QED) is 0.182. The van der Waals surface area contributed by atoms with Gasteiger partial charge in [0.2, 0.25) is 0 Å². The van der Waals surface area contributed by atoms with Crippen molar-refractivity contribution >= 4 is 29.9 Å². The van der Waals surface area contributed by atoms with E-state index in [-0.39, 0.29) is 35.6 Å². The third-order valence-electron chi connectivity index (χ3n) is 4.41. The van der Waals surface area contributed by atoms with Crippen molar-refractivity contribution in [2.45, 2.75) is 45.4 Å². The van der Waals surface area contributed by atoms with Crippen LogP contribution in [0.3, 0.4) is 0 Å². The minimum Gasteiger partial charge on any atom is -0.467 e. The summed E-state index contributed by atoms with van der Waals surface area (Å²) in [6.07, 6.45) is 2.56. The van der Waals surface area contributed by atoms with Crippen LogP contribution in [-0.4, -0.2) is 38.2 Å². The van der Waals surface area contributed by atoms with E-state index in [1.807, 2.05) is 18.2 Å². The van der Waals surface area contributed by atoms with Crippen molar-refractivity contribution in [1.82, 2.24) is 16.0 Å². The largest absolute Gasteiger partial charge is 0.467 e. The summed E-state index contributed by atoms with van der Waals surface area (Å²) in [6.45, 7) is 9.31. The van der Waals surface area contributed by atoms with E-state index in [4.69, 9.17) is 9.15 Å². The number of hydrogen-bond acceptors (Lipinski definition) is 4. The molecule has 1 heterocycles. The minimum absolute atomic E-state index is 0. The van der Waals surface area contributed by atoms with Crippen LogP contribution in [0.15, 0.2) is 58.1 Å². The molecule has 0 aliphatic heterocycles. The van der Waals surface area contributed by atoms with Gasteiger partial charge in [0, 0.05) is 38.3 Å². The molecule has 1 aromatic heterocycles. The summed E-state index contributed by atoms with van der Waals surface area (Å²) in [5, 5.41) is 10.4. The summed E-state index contributed by atoms with van der Waals surface area (Å²) >= 11 is 0. The van der Waals surface area contributed by atoms with Gasteiger partial charge in [0.25, 0.3) is 0 Å². The normalized spacial score (nSPS) is 12.9. The number of guanidine groups is 1. The van der Waals surface area contributed by atoms with Gasteiger partial charge in [-0.05, 0) is 44.9 Å². The molecule has 7 heteroatoms. The van der Waals surface area contributed by atoms with Gasteiger partial charge in [-0.15, -0.1) is 24.0 Å². The van der Waals surface area contributed by atoms with Gasteiger partial charge >= 0.3 is 0 Å². The Hall–Kier alpha value is -1.58. The summed E-state index contributed by atoms with van der Waals surface area (Å²) in [4.78, 5) is 4.30. The first-order valence-electron chi connectivity index (χ1n) is 9.87. The number of halogens is 1. The van der Waals surface area contributed by atoms with Gasteiger partial charge in [-0.3, -0.25) is 4.99 Å². The van der Waals surface area contributed by atoms with Crippen molar-refractivity contribution in [3.05, 3.63) is 60.1 Å². The van der Waals surface area contributed by atoms with Gasteiger partial charge in [-0.2, -0.15) is 0 Å². The van der Waals surface area contributed by atoms with Crippen molar-refractivity contribution in [2.24, 2.45) is 4.99 Å². The molecule has 0 aliphatic rings. The van der Waals surface area contributed by atoms with Crippen LogP contribution in [0.2, 0.25) is 0 Å². The lowest BCUT2D eigenvalue weighted by Gasteiger charge is -2.31. The topological polar surface area (TPSA) is 70.8 Å². The van der Waals surface area contributed by atoms with Crippen LogP contribution in [0, 0.1) is 0 Å². The zero-order valence-corrected chi connectivity index (χ0v) is 20.2. The maximum absolute atomic E-state index is 5.59. The fraction of sp³-hybridized carbons (Fsp3) is 0.500. The zero-order chi connectivity index (χ0) is 20.2. The molecule has 1 atom stereocenters. The van der Waals surface area contributed by atoms with Crippen LogP contribution < -0.4 is 16.0 Å². The summed E-state index contributed by atoms with van der Waals surface area (Å²) in [5.74, 6) is 1.65. The molecule has 0 radical (unpaired) electrons. The minimum atomic E-state index is -0.0843. The lowest BCUT2D eigenvalue weighted by atomic mass is 10.0. The first-order chi connectivity index (χ1) is 13.5. The Bertz CT molecular complexity index is 690. The van der Waals surface area contributed by atoms with E-state index in [1.54, 1.807) is 13.3 Å². The number of aliphatic imine (C=N–C) groups is 1. The molecule has 0 aliphatic carbocycles. The van der Waals surface area contributed by atoms with E-state index in [9.17, 15) is 0 Å². The third kappa shape index (κ3) is 10.1. The van der Waals surface area contributed by atoms with Gasteiger partial charge in [0.05, 0.1) is 6.26 Å². The highest BCUT2D eigenvalue weighted by atomic mass is 127. The summed E-state index contributed by atoms with van der Waals surface area (Å²) in [5.41, 5.74) is 1.20. The zero-order valence-electron chi connectivity index (χ0n) is 17.9.